The van der Waals surface area contributed by atoms with Crippen LogP contribution in [0.15, 0.2) is 66.4 Å². The van der Waals surface area contributed by atoms with Gasteiger partial charge in [-0.1, -0.05) is 45.0 Å². The minimum absolute atomic E-state index is 0.103. The third-order valence-electron chi connectivity index (χ3n) is 14.4. The SMILES string of the molecule is Cc1ncsc1-c1ccc(CNC(=O)[C@@H]2C[C@@H](O)CN2C(=O)[C@@H](NC(=O)[C@H]2CC[C@@H](c3cnc(N4C5CCC4CN(c4cc(-c6ccccc6O)nnc4N)C5)nc3)CC2)C(C)(C)C)c(C(F)(F)F)c1. The number of anilines is 3. The van der Waals surface area contributed by atoms with E-state index < -0.39 is 53.7 Å². The molecule has 70 heavy (non-hydrogen) atoms. The van der Waals surface area contributed by atoms with Gasteiger partial charge >= 0.3 is 6.18 Å². The Balaban J connectivity index is 0.796. The molecule has 2 unspecified atom stereocenters. The molecule has 0 spiro atoms. The maximum Gasteiger partial charge on any atom is 0.416 e. The van der Waals surface area contributed by atoms with Crippen molar-refractivity contribution in [2.75, 3.05) is 35.2 Å². The normalized spacial score (nSPS) is 23.1. The number of hydrogen-bond donors (Lipinski definition) is 5. The zero-order valence-corrected chi connectivity index (χ0v) is 40.3. The van der Waals surface area contributed by atoms with Crippen molar-refractivity contribution in [2.45, 2.75) is 122 Å². The number of β-amino-alcohol motifs (C(OH)–C–C–N with tert-alkyl or cyclic N) is 1. The van der Waals surface area contributed by atoms with Crippen molar-refractivity contribution >= 4 is 46.5 Å². The van der Waals surface area contributed by atoms with Gasteiger partial charge in [-0.2, -0.15) is 13.2 Å². The van der Waals surface area contributed by atoms with E-state index in [0.717, 1.165) is 30.2 Å². The van der Waals surface area contributed by atoms with Gasteiger partial charge in [-0.25, -0.2) is 15.0 Å². The maximum absolute atomic E-state index is 14.3. The Morgan fingerprint density at radius 3 is 2.24 bits per heavy atom. The summed E-state index contributed by atoms with van der Waals surface area (Å²) in [7, 11) is 0. The topological polar surface area (TPSA) is 216 Å². The molecule has 3 saturated heterocycles. The van der Waals surface area contributed by atoms with Crippen molar-refractivity contribution in [1.29, 1.82) is 0 Å². The molecule has 1 saturated carbocycles. The number of hydrogen-bond acceptors (Lipinski definition) is 14. The Labute approximate surface area is 407 Å². The smallest absolute Gasteiger partial charge is 0.416 e. The molecule has 1 aliphatic carbocycles. The lowest BCUT2D eigenvalue weighted by Gasteiger charge is -2.42. The van der Waals surface area contributed by atoms with E-state index in [1.54, 1.807) is 36.7 Å². The summed E-state index contributed by atoms with van der Waals surface area (Å²) >= 11 is 1.24. The highest BCUT2D eigenvalue weighted by Crippen LogP contribution is 2.41. The number of para-hydroxylation sites is 1. The Hall–Kier alpha value is -6.41. The second-order valence-electron chi connectivity index (χ2n) is 20.1. The van der Waals surface area contributed by atoms with Gasteiger partial charge in [0, 0.05) is 68.6 Å². The quantitative estimate of drug-likeness (QED) is 0.0943. The summed E-state index contributed by atoms with van der Waals surface area (Å²) < 4.78 is 42.9. The van der Waals surface area contributed by atoms with Gasteiger partial charge in [-0.05, 0) is 97.7 Å². The summed E-state index contributed by atoms with van der Waals surface area (Å²) in [6, 6.07) is 10.9. The molecule has 20 heteroatoms. The lowest BCUT2D eigenvalue weighted by Crippen LogP contribution is -2.58. The van der Waals surface area contributed by atoms with Gasteiger partial charge in [0.05, 0.1) is 39.1 Å². The van der Waals surface area contributed by atoms with E-state index >= 15 is 0 Å². The summed E-state index contributed by atoms with van der Waals surface area (Å²) in [4.78, 5) is 62.2. The van der Waals surface area contributed by atoms with Gasteiger partial charge in [0.1, 0.15) is 17.8 Å². The second-order valence-corrected chi connectivity index (χ2v) is 21.0. The molecule has 2 bridgehead atoms. The van der Waals surface area contributed by atoms with Gasteiger partial charge in [0.2, 0.25) is 23.7 Å². The van der Waals surface area contributed by atoms with Crippen molar-refractivity contribution in [1.82, 2.24) is 40.7 Å². The number of thiazole rings is 1. The number of carbonyl (C=O) groups excluding carboxylic acids is 3. The Kier molecular flexibility index (Phi) is 13.5. The highest BCUT2D eigenvalue weighted by Gasteiger charge is 2.46. The number of aromatic hydroxyl groups is 1. The number of aliphatic hydroxyl groups is 1. The molecule has 3 amide bonds. The molecule has 9 rings (SSSR count). The fraction of sp³-hybridized carbons (Fsp3) is 0.480. The van der Waals surface area contributed by atoms with Crippen LogP contribution in [0.2, 0.25) is 0 Å². The molecule has 6 heterocycles. The highest BCUT2D eigenvalue weighted by molar-refractivity contribution is 7.13. The number of nitrogens with two attached hydrogens (primary N) is 1. The summed E-state index contributed by atoms with van der Waals surface area (Å²) in [6.07, 6.45) is 2.47. The van der Waals surface area contributed by atoms with Crippen LogP contribution in [0.5, 0.6) is 5.75 Å². The van der Waals surface area contributed by atoms with E-state index in [9.17, 15) is 37.8 Å². The van der Waals surface area contributed by atoms with Crippen molar-refractivity contribution in [3.63, 3.8) is 0 Å². The zero-order chi connectivity index (χ0) is 49.6. The average Bonchev–Trinajstić information content (AvgIpc) is 4.03. The maximum atomic E-state index is 14.3. The standard InChI is InChI=1S/C50H58F3N11O5S/c1-27-42(70-26-58-27)30-13-14-31(37(17-30)50(51,52)53)20-55-46(68)40-18-35(65)25-63(40)47(69)43(49(2,3)4)59-45(67)29-11-9-28(10-12-29)32-21-56-48(57-22-32)64-33-15-16-34(64)24-62(23-33)39-19-38(60-61-44(39)54)36-7-5-6-8-41(36)66/h5-8,13-14,17,19,21-22,26,28-29,33-35,40,43,65-66H,9-12,15-16,18,20,23-25H2,1-4H3,(H2,54,61)(H,55,68)(H,59,67)/t28-,29+,33?,34?,35-,40+,43-/m1/s1. The number of benzene rings is 2. The van der Waals surface area contributed by atoms with Crippen molar-refractivity contribution in [3.05, 3.63) is 88.8 Å². The minimum Gasteiger partial charge on any atom is -0.507 e. The number of piperazine rings is 1. The fourth-order valence-corrected chi connectivity index (χ4v) is 11.5. The first-order valence-corrected chi connectivity index (χ1v) is 24.7. The van der Waals surface area contributed by atoms with E-state index in [1.165, 1.54) is 22.3 Å². The molecule has 4 fully saturated rings. The lowest BCUT2D eigenvalue weighted by molar-refractivity contribution is -0.144. The van der Waals surface area contributed by atoms with Crippen molar-refractivity contribution in [3.8, 4) is 27.4 Å². The van der Waals surface area contributed by atoms with Gasteiger partial charge in [0.15, 0.2) is 5.82 Å². The van der Waals surface area contributed by atoms with Crippen LogP contribution in [-0.4, -0.2) is 108 Å². The molecule has 2 aromatic carbocycles. The molecule has 370 valence electrons. The van der Waals surface area contributed by atoms with E-state index in [2.05, 4.69) is 35.6 Å². The van der Waals surface area contributed by atoms with Gasteiger partial charge < -0.3 is 41.3 Å². The number of phenols is 1. The molecule has 4 aliphatic rings. The third kappa shape index (κ3) is 9.97. The Morgan fingerprint density at radius 2 is 1.60 bits per heavy atom. The van der Waals surface area contributed by atoms with Crippen molar-refractivity contribution < 1.29 is 37.8 Å². The largest absolute Gasteiger partial charge is 0.507 e. The summed E-state index contributed by atoms with van der Waals surface area (Å²) in [5, 5.41) is 35.2. The van der Waals surface area contributed by atoms with E-state index in [4.69, 9.17) is 15.7 Å². The summed E-state index contributed by atoms with van der Waals surface area (Å²) in [6.45, 7) is 7.92. The first kappa shape index (κ1) is 48.6. The van der Waals surface area contributed by atoms with Crippen LogP contribution in [0.4, 0.5) is 30.6 Å². The number of aliphatic hydroxyl groups excluding tert-OH is 1. The first-order chi connectivity index (χ1) is 33.3. The van der Waals surface area contributed by atoms with Crippen LogP contribution >= 0.6 is 11.3 Å². The number of alkyl halides is 3. The Bertz CT molecular complexity index is 2730. The number of nitrogen functional groups attached to an aromatic ring is 1. The van der Waals surface area contributed by atoms with Crippen LogP contribution in [-0.2, 0) is 27.1 Å². The first-order valence-electron chi connectivity index (χ1n) is 23.8. The van der Waals surface area contributed by atoms with E-state index in [1.807, 2.05) is 45.3 Å². The average molecular weight is 982 g/mol. The molecule has 16 nitrogen and oxygen atoms in total. The van der Waals surface area contributed by atoms with Crippen LogP contribution in [0.25, 0.3) is 21.7 Å². The van der Waals surface area contributed by atoms with Crippen LogP contribution in [0.1, 0.15) is 94.0 Å². The monoisotopic (exact) mass is 981 g/mol. The van der Waals surface area contributed by atoms with Gasteiger partial charge in [0.25, 0.3) is 0 Å². The van der Waals surface area contributed by atoms with Gasteiger partial charge in [-0.15, -0.1) is 21.5 Å². The predicted molar refractivity (Wildman–Crippen MR) is 258 cm³/mol. The molecular weight excluding hydrogens is 924 g/mol. The highest BCUT2D eigenvalue weighted by atomic mass is 32.1. The number of likely N-dealkylation sites (tertiary alicyclic amines) is 1. The van der Waals surface area contributed by atoms with E-state index in [0.29, 0.717) is 77.9 Å². The number of aryl methyl sites for hydroxylation is 1. The summed E-state index contributed by atoms with van der Waals surface area (Å²) in [5.74, 6) is -0.618. The van der Waals surface area contributed by atoms with Crippen LogP contribution in [0, 0.1) is 18.3 Å². The number of rotatable bonds is 11. The minimum atomic E-state index is -4.70. The molecule has 5 atom stereocenters. The van der Waals surface area contributed by atoms with Gasteiger partial charge in [-0.3, -0.25) is 14.4 Å². The number of aromatic nitrogens is 5. The summed E-state index contributed by atoms with van der Waals surface area (Å²) in [5.41, 5.74) is 9.97. The molecule has 5 aromatic rings. The van der Waals surface area contributed by atoms with Crippen LogP contribution < -0.4 is 26.2 Å². The number of nitrogens with zero attached hydrogens (tertiary/aromatic N) is 8. The predicted octanol–water partition coefficient (Wildman–Crippen LogP) is 6.61. The number of amides is 3. The molecule has 3 aromatic heterocycles. The molecular formula is C50H58F3N11O5S. The number of nitrogens with one attached hydrogen (secondary N) is 2. The molecule has 3 aliphatic heterocycles. The fourth-order valence-electron chi connectivity index (χ4n) is 10.7. The lowest BCUT2D eigenvalue weighted by atomic mass is 9.78. The van der Waals surface area contributed by atoms with E-state index in [-0.39, 0.29) is 54.1 Å². The third-order valence-corrected chi connectivity index (χ3v) is 15.4. The second kappa shape index (κ2) is 19.4. The molecule has 6 N–H and O–H groups in total. The Morgan fingerprint density at radius 1 is 0.900 bits per heavy atom. The number of carbonyl (C=O) groups is 3. The zero-order valence-electron chi connectivity index (χ0n) is 39.5. The van der Waals surface area contributed by atoms with Crippen molar-refractivity contribution in [2.24, 2.45) is 11.3 Å². The van der Waals surface area contributed by atoms with Crippen LogP contribution in [0.3, 0.4) is 0 Å². The molecule has 0 radical (unpaired) electrons. The number of halogens is 3. The number of phenolic OH excluding ortho intramolecular Hbond substituents is 1. The number of fused-ring (bicyclic) bond motifs is 2.